The zero-order valence-corrected chi connectivity index (χ0v) is 15.4. The highest BCUT2D eigenvalue weighted by molar-refractivity contribution is 5.95. The van der Waals surface area contributed by atoms with Crippen LogP contribution in [0.15, 0.2) is 36.5 Å². The fourth-order valence-electron chi connectivity index (χ4n) is 3.75. The molecule has 1 aromatic carbocycles. The number of pyridine rings is 1. The lowest BCUT2D eigenvalue weighted by molar-refractivity contribution is 0.0761. The highest BCUT2D eigenvalue weighted by Crippen LogP contribution is 2.24. The van der Waals surface area contributed by atoms with Crippen LogP contribution >= 0.6 is 0 Å². The summed E-state index contributed by atoms with van der Waals surface area (Å²) in [7, 11) is 0. The van der Waals surface area contributed by atoms with Crippen LogP contribution in [0.5, 0.6) is 0 Å². The third kappa shape index (κ3) is 2.98. The average molecular weight is 348 g/mol. The summed E-state index contributed by atoms with van der Waals surface area (Å²) in [6, 6.07) is 9.81. The lowest BCUT2D eigenvalue weighted by atomic mass is 10.1. The lowest BCUT2D eigenvalue weighted by Gasteiger charge is -2.21. The van der Waals surface area contributed by atoms with Crippen molar-refractivity contribution in [3.05, 3.63) is 53.5 Å². The molecule has 0 aliphatic carbocycles. The first-order chi connectivity index (χ1) is 12.6. The van der Waals surface area contributed by atoms with Crippen molar-refractivity contribution in [3.8, 4) is 5.69 Å². The molecule has 134 valence electrons. The molecule has 0 N–H and O–H groups in total. The number of hydrogen-bond acceptors (Lipinski definition) is 3. The van der Waals surface area contributed by atoms with Gasteiger partial charge in [0.1, 0.15) is 11.3 Å². The maximum atomic E-state index is 13.0. The van der Waals surface area contributed by atoms with E-state index in [4.69, 9.17) is 0 Å². The first-order valence-corrected chi connectivity index (χ1v) is 9.35. The van der Waals surface area contributed by atoms with E-state index in [0.717, 1.165) is 59.7 Å². The van der Waals surface area contributed by atoms with E-state index < -0.39 is 0 Å². The number of rotatable bonds is 2. The van der Waals surface area contributed by atoms with Crippen molar-refractivity contribution in [3.63, 3.8) is 0 Å². The predicted molar refractivity (Wildman–Crippen MR) is 103 cm³/mol. The third-order valence-corrected chi connectivity index (χ3v) is 5.17. The summed E-state index contributed by atoms with van der Waals surface area (Å²) >= 11 is 0. The number of aryl methyl sites for hydroxylation is 2. The molecule has 1 fully saturated rings. The van der Waals surface area contributed by atoms with Gasteiger partial charge in [0.15, 0.2) is 5.65 Å². The molecule has 5 nitrogen and oxygen atoms in total. The minimum Gasteiger partial charge on any atom is -0.339 e. The van der Waals surface area contributed by atoms with E-state index in [9.17, 15) is 4.79 Å². The number of nitrogens with zero attached hydrogens (tertiary/aromatic N) is 4. The molecule has 4 rings (SSSR count). The second kappa shape index (κ2) is 6.90. The molecule has 0 saturated carbocycles. The molecule has 0 radical (unpaired) electrons. The number of carbonyl (C=O) groups is 1. The highest BCUT2D eigenvalue weighted by Gasteiger charge is 2.19. The van der Waals surface area contributed by atoms with Crippen LogP contribution in [-0.2, 0) is 0 Å². The van der Waals surface area contributed by atoms with Crippen LogP contribution in [0.4, 0.5) is 0 Å². The van der Waals surface area contributed by atoms with Crippen molar-refractivity contribution in [2.24, 2.45) is 0 Å². The number of benzene rings is 1. The van der Waals surface area contributed by atoms with Crippen molar-refractivity contribution in [1.82, 2.24) is 19.4 Å². The smallest absolute Gasteiger partial charge is 0.253 e. The lowest BCUT2D eigenvalue weighted by Crippen LogP contribution is -2.31. The highest BCUT2D eigenvalue weighted by atomic mass is 16.2. The second-order valence-electron chi connectivity index (χ2n) is 7.05. The van der Waals surface area contributed by atoms with Gasteiger partial charge in [-0.05, 0) is 56.5 Å². The van der Waals surface area contributed by atoms with Gasteiger partial charge in [-0.15, -0.1) is 0 Å². The van der Waals surface area contributed by atoms with Gasteiger partial charge in [0.25, 0.3) is 5.91 Å². The standard InChI is InChI=1S/C21H24N4O/c1-15-9-10-17(21(26)24-12-5-3-4-6-13-24)14-19(15)25-16(2)23-18-8-7-11-22-20(18)25/h7-11,14H,3-6,12-13H2,1-2H3. The van der Waals surface area contributed by atoms with Crippen molar-refractivity contribution in [2.75, 3.05) is 13.1 Å². The van der Waals surface area contributed by atoms with Gasteiger partial charge in [0, 0.05) is 24.8 Å². The van der Waals surface area contributed by atoms with Crippen LogP contribution in [0, 0.1) is 13.8 Å². The molecule has 5 heteroatoms. The molecule has 2 aromatic heterocycles. The number of aromatic nitrogens is 3. The maximum absolute atomic E-state index is 13.0. The first-order valence-electron chi connectivity index (χ1n) is 9.35. The first kappa shape index (κ1) is 16.8. The summed E-state index contributed by atoms with van der Waals surface area (Å²) in [5.74, 6) is 1.00. The Kier molecular flexibility index (Phi) is 4.45. The molecular weight excluding hydrogens is 324 g/mol. The van der Waals surface area contributed by atoms with E-state index in [0.29, 0.717) is 0 Å². The minimum atomic E-state index is 0.128. The Morgan fingerprint density at radius 1 is 1.04 bits per heavy atom. The summed E-state index contributed by atoms with van der Waals surface area (Å²) in [4.78, 5) is 24.1. The monoisotopic (exact) mass is 348 g/mol. The summed E-state index contributed by atoms with van der Waals surface area (Å²) in [6.45, 7) is 5.75. The molecule has 3 aromatic rings. The maximum Gasteiger partial charge on any atom is 0.253 e. The molecule has 0 spiro atoms. The van der Waals surface area contributed by atoms with Crippen molar-refractivity contribution in [2.45, 2.75) is 39.5 Å². The van der Waals surface area contributed by atoms with E-state index in [1.165, 1.54) is 12.8 Å². The van der Waals surface area contributed by atoms with Gasteiger partial charge in [-0.3, -0.25) is 9.36 Å². The Bertz CT molecular complexity index is 952. The zero-order valence-electron chi connectivity index (χ0n) is 15.4. The fraction of sp³-hybridized carbons (Fsp3) is 0.381. The number of imidazole rings is 1. The summed E-state index contributed by atoms with van der Waals surface area (Å²) in [6.07, 6.45) is 6.41. The molecule has 1 amide bonds. The van der Waals surface area contributed by atoms with Gasteiger partial charge in [-0.25, -0.2) is 9.97 Å². The Labute approximate surface area is 153 Å². The number of fused-ring (bicyclic) bond motifs is 1. The second-order valence-corrected chi connectivity index (χ2v) is 7.05. The Hall–Kier alpha value is -2.69. The Morgan fingerprint density at radius 3 is 2.58 bits per heavy atom. The van der Waals surface area contributed by atoms with Gasteiger partial charge in [-0.2, -0.15) is 0 Å². The SMILES string of the molecule is Cc1ccc(C(=O)N2CCCCCC2)cc1-n1c(C)nc2cccnc21. The largest absolute Gasteiger partial charge is 0.339 e. The molecule has 0 bridgehead atoms. The zero-order chi connectivity index (χ0) is 18.1. The minimum absolute atomic E-state index is 0.128. The van der Waals surface area contributed by atoms with E-state index in [2.05, 4.69) is 16.9 Å². The van der Waals surface area contributed by atoms with E-state index >= 15 is 0 Å². The summed E-state index contributed by atoms with van der Waals surface area (Å²) in [5, 5.41) is 0. The van der Waals surface area contributed by atoms with Crippen LogP contribution in [0.1, 0.15) is 47.4 Å². The third-order valence-electron chi connectivity index (χ3n) is 5.17. The Balaban J connectivity index is 1.77. The Morgan fingerprint density at radius 2 is 1.81 bits per heavy atom. The predicted octanol–water partition coefficient (Wildman–Crippen LogP) is 4.05. The van der Waals surface area contributed by atoms with E-state index in [-0.39, 0.29) is 5.91 Å². The molecule has 26 heavy (non-hydrogen) atoms. The molecule has 1 saturated heterocycles. The molecule has 1 aliphatic rings. The van der Waals surface area contributed by atoms with Crippen molar-refractivity contribution >= 4 is 17.1 Å². The van der Waals surface area contributed by atoms with Gasteiger partial charge in [-0.1, -0.05) is 18.9 Å². The summed E-state index contributed by atoms with van der Waals surface area (Å²) in [5.41, 5.74) is 4.51. The number of carbonyl (C=O) groups excluding carboxylic acids is 1. The number of amides is 1. The van der Waals surface area contributed by atoms with E-state index in [1.54, 1.807) is 6.20 Å². The van der Waals surface area contributed by atoms with Crippen LogP contribution in [0.2, 0.25) is 0 Å². The molecule has 3 heterocycles. The quantitative estimate of drug-likeness (QED) is 0.702. The molecule has 0 unspecified atom stereocenters. The number of likely N-dealkylation sites (tertiary alicyclic amines) is 1. The average Bonchev–Trinajstić information content (AvgIpc) is 2.82. The van der Waals surface area contributed by atoms with Gasteiger partial charge in [0.05, 0.1) is 5.69 Å². The number of hydrogen-bond donors (Lipinski definition) is 0. The normalized spacial score (nSPS) is 15.2. The topological polar surface area (TPSA) is 51.0 Å². The van der Waals surface area contributed by atoms with Crippen LogP contribution in [-0.4, -0.2) is 38.4 Å². The van der Waals surface area contributed by atoms with Crippen LogP contribution < -0.4 is 0 Å². The van der Waals surface area contributed by atoms with Gasteiger partial charge < -0.3 is 4.90 Å². The summed E-state index contributed by atoms with van der Waals surface area (Å²) < 4.78 is 2.05. The van der Waals surface area contributed by atoms with Crippen molar-refractivity contribution < 1.29 is 4.79 Å². The molecule has 0 atom stereocenters. The van der Waals surface area contributed by atoms with E-state index in [1.807, 2.05) is 46.7 Å². The van der Waals surface area contributed by atoms with Gasteiger partial charge >= 0.3 is 0 Å². The van der Waals surface area contributed by atoms with Crippen LogP contribution in [0.25, 0.3) is 16.9 Å². The van der Waals surface area contributed by atoms with Crippen molar-refractivity contribution in [1.29, 1.82) is 0 Å². The van der Waals surface area contributed by atoms with Gasteiger partial charge in [0.2, 0.25) is 0 Å². The molecular formula is C21H24N4O. The fourth-order valence-corrected chi connectivity index (χ4v) is 3.75. The molecule has 1 aliphatic heterocycles. The van der Waals surface area contributed by atoms with Crippen LogP contribution in [0.3, 0.4) is 0 Å².